The summed E-state index contributed by atoms with van der Waals surface area (Å²) in [6, 6.07) is 7.28. The number of carbonyl (C=O) groups is 1. The second-order valence-electron chi connectivity index (χ2n) is 5.80. The first-order chi connectivity index (χ1) is 10.9. The number of sulfone groups is 1. The van der Waals surface area contributed by atoms with Crippen molar-refractivity contribution < 1.29 is 18.3 Å². The standard InChI is InChI=1S/C16H20N2O4S/c17-9-10-18-16(20)15-4-2-1-3-12(15)11-23(21,22)14-7-5-13(19)6-8-14/h5-8,12,15,19H,1-4,10-11H2,(H,18,20)/t12-,15+/m0/s1. The van der Waals surface area contributed by atoms with Crippen molar-refractivity contribution >= 4 is 15.7 Å². The minimum absolute atomic E-state index is 0.00961. The minimum atomic E-state index is -3.52. The third-order valence-electron chi connectivity index (χ3n) is 4.22. The first-order valence-electron chi connectivity index (χ1n) is 7.60. The molecule has 1 saturated carbocycles. The lowest BCUT2D eigenvalue weighted by molar-refractivity contribution is -0.127. The minimum Gasteiger partial charge on any atom is -0.508 e. The van der Waals surface area contributed by atoms with E-state index in [1.165, 1.54) is 24.3 Å². The van der Waals surface area contributed by atoms with Crippen LogP contribution in [0, 0.1) is 23.2 Å². The van der Waals surface area contributed by atoms with Crippen LogP contribution in [0.1, 0.15) is 25.7 Å². The summed E-state index contributed by atoms with van der Waals surface area (Å²) in [5.74, 6) is -0.944. The fourth-order valence-electron chi connectivity index (χ4n) is 3.04. The predicted molar refractivity (Wildman–Crippen MR) is 84.2 cm³/mol. The van der Waals surface area contributed by atoms with Crippen LogP contribution >= 0.6 is 0 Å². The average molecular weight is 336 g/mol. The Morgan fingerprint density at radius 1 is 1.26 bits per heavy atom. The van der Waals surface area contributed by atoms with E-state index in [1.54, 1.807) is 0 Å². The molecule has 124 valence electrons. The van der Waals surface area contributed by atoms with E-state index in [2.05, 4.69) is 5.32 Å². The largest absolute Gasteiger partial charge is 0.508 e. The fraction of sp³-hybridized carbons (Fsp3) is 0.500. The van der Waals surface area contributed by atoms with Gasteiger partial charge in [-0.05, 0) is 43.0 Å². The third kappa shape index (κ3) is 4.45. The normalized spacial score (nSPS) is 21.3. The molecule has 1 aromatic carbocycles. The van der Waals surface area contributed by atoms with Crippen LogP contribution in [0.2, 0.25) is 0 Å². The van der Waals surface area contributed by atoms with E-state index < -0.39 is 9.84 Å². The van der Waals surface area contributed by atoms with Gasteiger partial charge in [-0.15, -0.1) is 0 Å². The number of aromatic hydroxyl groups is 1. The molecule has 6 nitrogen and oxygen atoms in total. The lowest BCUT2D eigenvalue weighted by Crippen LogP contribution is -2.39. The second-order valence-corrected chi connectivity index (χ2v) is 7.84. The quantitative estimate of drug-likeness (QED) is 0.794. The van der Waals surface area contributed by atoms with Gasteiger partial charge in [-0.2, -0.15) is 5.26 Å². The van der Waals surface area contributed by atoms with Crippen molar-refractivity contribution in [2.24, 2.45) is 11.8 Å². The molecule has 1 amide bonds. The van der Waals surface area contributed by atoms with E-state index in [0.29, 0.717) is 12.8 Å². The van der Waals surface area contributed by atoms with Gasteiger partial charge >= 0.3 is 0 Å². The average Bonchev–Trinajstić information content (AvgIpc) is 2.53. The lowest BCUT2D eigenvalue weighted by atomic mass is 9.80. The zero-order chi connectivity index (χ0) is 16.9. The Morgan fingerprint density at radius 3 is 2.57 bits per heavy atom. The molecular weight excluding hydrogens is 316 g/mol. The molecule has 0 aromatic heterocycles. The van der Waals surface area contributed by atoms with E-state index >= 15 is 0 Å². The van der Waals surface area contributed by atoms with Gasteiger partial charge < -0.3 is 10.4 Å². The van der Waals surface area contributed by atoms with Crippen molar-refractivity contribution in [2.75, 3.05) is 12.3 Å². The summed E-state index contributed by atoms with van der Waals surface area (Å²) in [5.41, 5.74) is 0. The number of carbonyl (C=O) groups excluding carboxylic acids is 1. The highest BCUT2D eigenvalue weighted by Crippen LogP contribution is 2.32. The van der Waals surface area contributed by atoms with Crippen LogP contribution in [-0.2, 0) is 14.6 Å². The Bertz CT molecular complexity index is 692. The topological polar surface area (TPSA) is 107 Å². The van der Waals surface area contributed by atoms with Gasteiger partial charge in [-0.25, -0.2) is 8.42 Å². The molecule has 0 spiro atoms. The Kier molecular flexibility index (Phi) is 5.61. The molecule has 2 N–H and O–H groups in total. The Balaban J connectivity index is 2.13. The summed E-state index contributed by atoms with van der Waals surface area (Å²) in [5, 5.41) is 20.4. The first-order valence-corrected chi connectivity index (χ1v) is 9.25. The van der Waals surface area contributed by atoms with Gasteiger partial charge in [-0.1, -0.05) is 12.8 Å². The molecule has 1 fully saturated rings. The molecule has 0 aliphatic heterocycles. The summed E-state index contributed by atoms with van der Waals surface area (Å²) < 4.78 is 25.1. The monoisotopic (exact) mass is 336 g/mol. The van der Waals surface area contributed by atoms with E-state index in [1.807, 2.05) is 6.07 Å². The molecule has 2 atom stereocenters. The van der Waals surface area contributed by atoms with Crippen molar-refractivity contribution in [3.8, 4) is 11.8 Å². The van der Waals surface area contributed by atoms with E-state index in [0.717, 1.165) is 12.8 Å². The highest BCUT2D eigenvalue weighted by Gasteiger charge is 2.34. The zero-order valence-electron chi connectivity index (χ0n) is 12.7. The summed E-state index contributed by atoms with van der Waals surface area (Å²) >= 11 is 0. The number of nitrogens with one attached hydrogen (secondary N) is 1. The third-order valence-corrected chi connectivity index (χ3v) is 6.07. The predicted octanol–water partition coefficient (Wildman–Crippen LogP) is 1.61. The Labute approximate surface area is 136 Å². The van der Waals surface area contributed by atoms with Crippen LogP contribution in [0.25, 0.3) is 0 Å². The van der Waals surface area contributed by atoms with E-state index in [9.17, 15) is 18.3 Å². The van der Waals surface area contributed by atoms with Crippen molar-refractivity contribution in [2.45, 2.75) is 30.6 Å². The second kappa shape index (κ2) is 7.47. The molecule has 0 saturated heterocycles. The molecule has 0 bridgehead atoms. The van der Waals surface area contributed by atoms with E-state index in [4.69, 9.17) is 5.26 Å². The van der Waals surface area contributed by atoms with Gasteiger partial charge in [0.1, 0.15) is 12.3 Å². The van der Waals surface area contributed by atoms with Crippen molar-refractivity contribution in [3.05, 3.63) is 24.3 Å². The van der Waals surface area contributed by atoms with Crippen LogP contribution in [0.3, 0.4) is 0 Å². The van der Waals surface area contributed by atoms with Crippen molar-refractivity contribution in [3.63, 3.8) is 0 Å². The summed E-state index contributed by atoms with van der Waals surface area (Å²) in [6.07, 6.45) is 3.12. The number of hydrogen-bond donors (Lipinski definition) is 2. The number of hydrogen-bond acceptors (Lipinski definition) is 5. The van der Waals surface area contributed by atoms with Crippen LogP contribution in [0.5, 0.6) is 5.75 Å². The summed E-state index contributed by atoms with van der Waals surface area (Å²) in [4.78, 5) is 12.3. The molecule has 0 unspecified atom stereocenters. The maximum Gasteiger partial charge on any atom is 0.224 e. The molecular formula is C16H20N2O4S. The summed E-state index contributed by atoms with van der Waals surface area (Å²) in [6.45, 7) is -0.0627. The van der Waals surface area contributed by atoms with Gasteiger partial charge in [0.25, 0.3) is 0 Å². The molecule has 7 heteroatoms. The Morgan fingerprint density at radius 2 is 1.91 bits per heavy atom. The molecule has 1 aliphatic carbocycles. The van der Waals surface area contributed by atoms with Crippen LogP contribution < -0.4 is 5.32 Å². The number of nitriles is 1. The molecule has 1 aliphatic rings. The molecule has 1 aromatic rings. The SMILES string of the molecule is N#CCNC(=O)[C@@H]1CCCC[C@H]1CS(=O)(=O)c1ccc(O)cc1. The molecule has 0 heterocycles. The van der Waals surface area contributed by atoms with Crippen LogP contribution in [-0.4, -0.2) is 31.7 Å². The van der Waals surface area contributed by atoms with Gasteiger partial charge in [0.2, 0.25) is 5.91 Å². The first kappa shape index (κ1) is 17.3. The maximum absolute atomic E-state index is 12.5. The molecule has 2 rings (SSSR count). The van der Waals surface area contributed by atoms with Gasteiger partial charge in [-0.3, -0.25) is 4.79 Å². The van der Waals surface area contributed by atoms with E-state index in [-0.39, 0.29) is 40.7 Å². The maximum atomic E-state index is 12.5. The number of phenols is 1. The highest BCUT2D eigenvalue weighted by molar-refractivity contribution is 7.91. The van der Waals surface area contributed by atoms with Crippen LogP contribution in [0.4, 0.5) is 0 Å². The van der Waals surface area contributed by atoms with Gasteiger partial charge in [0, 0.05) is 5.92 Å². The number of nitrogens with zero attached hydrogens (tertiary/aromatic N) is 1. The van der Waals surface area contributed by atoms with Crippen molar-refractivity contribution in [1.29, 1.82) is 5.26 Å². The smallest absolute Gasteiger partial charge is 0.224 e. The van der Waals surface area contributed by atoms with Crippen molar-refractivity contribution in [1.82, 2.24) is 5.32 Å². The van der Waals surface area contributed by atoms with Gasteiger partial charge in [0.15, 0.2) is 9.84 Å². The molecule has 23 heavy (non-hydrogen) atoms. The molecule has 0 radical (unpaired) electrons. The Hall–Kier alpha value is -2.07. The number of amides is 1. The number of phenolic OH excluding ortho intramolecular Hbond substituents is 1. The number of benzene rings is 1. The lowest BCUT2D eigenvalue weighted by Gasteiger charge is -2.30. The zero-order valence-corrected chi connectivity index (χ0v) is 13.6. The summed E-state index contributed by atoms with van der Waals surface area (Å²) in [7, 11) is -3.52. The van der Waals surface area contributed by atoms with Gasteiger partial charge in [0.05, 0.1) is 16.7 Å². The highest BCUT2D eigenvalue weighted by atomic mass is 32.2. The number of rotatable bonds is 5. The van der Waals surface area contributed by atoms with Crippen LogP contribution in [0.15, 0.2) is 29.2 Å². The fourth-order valence-corrected chi connectivity index (χ4v) is 4.75.